The molecule has 2 aromatic rings. The first-order valence-corrected chi connectivity index (χ1v) is 9.28. The summed E-state index contributed by atoms with van der Waals surface area (Å²) in [5.74, 6) is 0.984. The molecule has 136 valence electrons. The minimum absolute atomic E-state index is 0.0115. The van der Waals surface area contributed by atoms with Crippen molar-refractivity contribution >= 4 is 11.8 Å². The highest BCUT2D eigenvalue weighted by atomic mass is 16.5. The van der Waals surface area contributed by atoms with Gasteiger partial charge in [-0.1, -0.05) is 35.5 Å². The summed E-state index contributed by atoms with van der Waals surface area (Å²) in [5.41, 5.74) is 1.65. The van der Waals surface area contributed by atoms with E-state index < -0.39 is 0 Å². The monoisotopic (exact) mass is 353 g/mol. The second-order valence-electron chi connectivity index (χ2n) is 7.16. The molecular formula is C20H23N3O3. The number of benzene rings is 1. The first kappa shape index (κ1) is 16.8. The van der Waals surface area contributed by atoms with Gasteiger partial charge >= 0.3 is 0 Å². The van der Waals surface area contributed by atoms with Gasteiger partial charge in [-0.3, -0.25) is 9.59 Å². The molecule has 2 fully saturated rings. The van der Waals surface area contributed by atoms with Crippen molar-refractivity contribution in [1.82, 2.24) is 15.4 Å². The summed E-state index contributed by atoms with van der Waals surface area (Å²) in [7, 11) is 0. The molecule has 6 heteroatoms. The summed E-state index contributed by atoms with van der Waals surface area (Å²) in [6.07, 6.45) is 3.72. The van der Waals surface area contributed by atoms with Crippen LogP contribution in [0.4, 0.5) is 0 Å². The number of amides is 2. The minimum Gasteiger partial charge on any atom is -0.356 e. The quantitative estimate of drug-likeness (QED) is 0.896. The second-order valence-corrected chi connectivity index (χ2v) is 7.16. The van der Waals surface area contributed by atoms with Gasteiger partial charge in [0, 0.05) is 30.6 Å². The maximum atomic E-state index is 12.5. The van der Waals surface area contributed by atoms with Crippen molar-refractivity contribution < 1.29 is 14.1 Å². The van der Waals surface area contributed by atoms with Crippen LogP contribution in [0.1, 0.15) is 31.4 Å². The zero-order valence-electron chi connectivity index (χ0n) is 14.7. The van der Waals surface area contributed by atoms with Crippen LogP contribution in [0.3, 0.4) is 0 Å². The van der Waals surface area contributed by atoms with Gasteiger partial charge in [0.1, 0.15) is 5.69 Å². The molecule has 1 N–H and O–H groups in total. The Hall–Kier alpha value is -2.63. The Balaban J connectivity index is 1.31. The van der Waals surface area contributed by atoms with Crippen molar-refractivity contribution in [3.8, 4) is 11.3 Å². The highest BCUT2D eigenvalue weighted by Gasteiger charge is 2.36. The number of aromatic nitrogens is 1. The Bertz CT molecular complexity index is 783. The number of nitrogens with zero attached hydrogens (tertiary/aromatic N) is 2. The first-order chi connectivity index (χ1) is 12.7. The molecule has 0 radical (unpaired) electrons. The zero-order valence-corrected chi connectivity index (χ0v) is 14.7. The largest absolute Gasteiger partial charge is 0.356 e. The van der Waals surface area contributed by atoms with Gasteiger partial charge < -0.3 is 14.7 Å². The molecule has 1 aliphatic carbocycles. The standard InChI is InChI=1S/C20H23N3O3/c24-19(16-7-4-10-23(13-16)20(25)15-8-9-15)21-12-17-11-18(26-22-17)14-5-2-1-3-6-14/h1-3,5-6,11,15-16H,4,7-10,12-13H2,(H,21,24)/t16-/m1/s1. The van der Waals surface area contributed by atoms with Crippen molar-refractivity contribution in [2.45, 2.75) is 32.2 Å². The topological polar surface area (TPSA) is 75.4 Å². The fraction of sp³-hybridized carbons (Fsp3) is 0.450. The van der Waals surface area contributed by atoms with Gasteiger partial charge in [0.2, 0.25) is 11.8 Å². The average molecular weight is 353 g/mol. The van der Waals surface area contributed by atoms with E-state index in [1.165, 1.54) is 0 Å². The number of rotatable bonds is 5. The third-order valence-corrected chi connectivity index (χ3v) is 5.09. The van der Waals surface area contributed by atoms with Crippen molar-refractivity contribution in [1.29, 1.82) is 0 Å². The SMILES string of the molecule is O=C(NCc1cc(-c2ccccc2)on1)[C@@H]1CCCN(C(=O)C2CC2)C1. The van der Waals surface area contributed by atoms with Crippen LogP contribution in [0.15, 0.2) is 40.9 Å². The lowest BCUT2D eigenvalue weighted by Gasteiger charge is -2.32. The van der Waals surface area contributed by atoms with E-state index in [0.717, 1.165) is 37.8 Å². The Labute approximate surface area is 152 Å². The van der Waals surface area contributed by atoms with Crippen molar-refractivity contribution in [2.24, 2.45) is 11.8 Å². The van der Waals surface area contributed by atoms with Crippen LogP contribution in [0.5, 0.6) is 0 Å². The molecule has 0 spiro atoms. The third kappa shape index (κ3) is 3.79. The van der Waals surface area contributed by atoms with Gasteiger partial charge in [0.25, 0.3) is 0 Å². The molecule has 1 aromatic carbocycles. The van der Waals surface area contributed by atoms with Crippen molar-refractivity contribution in [3.63, 3.8) is 0 Å². The van der Waals surface area contributed by atoms with Crippen LogP contribution >= 0.6 is 0 Å². The van der Waals surface area contributed by atoms with Crippen LogP contribution in [0.2, 0.25) is 0 Å². The molecular weight excluding hydrogens is 330 g/mol. The number of hydrogen-bond acceptors (Lipinski definition) is 4. The normalized spacial score (nSPS) is 20.0. The molecule has 1 atom stereocenters. The van der Waals surface area contributed by atoms with E-state index in [1.807, 2.05) is 41.3 Å². The summed E-state index contributed by atoms with van der Waals surface area (Å²) >= 11 is 0. The molecule has 2 aliphatic rings. The summed E-state index contributed by atoms with van der Waals surface area (Å²) in [6, 6.07) is 11.6. The van der Waals surface area contributed by atoms with Crippen LogP contribution in [-0.2, 0) is 16.1 Å². The van der Waals surface area contributed by atoms with E-state index in [1.54, 1.807) is 0 Å². The molecule has 1 aromatic heterocycles. The first-order valence-electron chi connectivity index (χ1n) is 9.28. The summed E-state index contributed by atoms with van der Waals surface area (Å²) in [6.45, 7) is 1.65. The van der Waals surface area contributed by atoms with Crippen molar-refractivity contribution in [3.05, 3.63) is 42.1 Å². The highest BCUT2D eigenvalue weighted by molar-refractivity contribution is 5.83. The van der Waals surface area contributed by atoms with Crippen LogP contribution in [-0.4, -0.2) is 35.0 Å². The molecule has 0 bridgehead atoms. The van der Waals surface area contributed by atoms with Gasteiger partial charge in [-0.15, -0.1) is 0 Å². The maximum absolute atomic E-state index is 12.5. The Kier molecular flexibility index (Phi) is 4.73. The molecule has 2 heterocycles. The Morgan fingerprint density at radius 3 is 2.73 bits per heavy atom. The lowest BCUT2D eigenvalue weighted by molar-refractivity contribution is -0.136. The lowest BCUT2D eigenvalue weighted by atomic mass is 9.96. The second kappa shape index (κ2) is 7.32. The van der Waals surface area contributed by atoms with Gasteiger partial charge in [-0.05, 0) is 25.7 Å². The van der Waals surface area contributed by atoms with E-state index in [9.17, 15) is 9.59 Å². The molecule has 1 saturated heterocycles. The number of nitrogens with one attached hydrogen (secondary N) is 1. The van der Waals surface area contributed by atoms with Crippen molar-refractivity contribution in [2.75, 3.05) is 13.1 Å². The highest BCUT2D eigenvalue weighted by Crippen LogP contribution is 2.32. The number of hydrogen-bond donors (Lipinski definition) is 1. The molecule has 6 nitrogen and oxygen atoms in total. The fourth-order valence-corrected chi connectivity index (χ4v) is 3.44. The third-order valence-electron chi connectivity index (χ3n) is 5.09. The Morgan fingerprint density at radius 1 is 1.15 bits per heavy atom. The average Bonchev–Trinajstić information content (AvgIpc) is 3.44. The van der Waals surface area contributed by atoms with Gasteiger partial charge in [-0.25, -0.2) is 0 Å². The minimum atomic E-state index is -0.132. The Morgan fingerprint density at radius 2 is 1.96 bits per heavy atom. The van der Waals surface area contributed by atoms with Gasteiger partial charge in [0.05, 0.1) is 12.5 Å². The lowest BCUT2D eigenvalue weighted by Crippen LogP contribution is -2.45. The molecule has 0 unspecified atom stereocenters. The molecule has 4 rings (SSSR count). The molecule has 1 aliphatic heterocycles. The summed E-state index contributed by atoms with van der Waals surface area (Å²) in [5, 5.41) is 6.97. The summed E-state index contributed by atoms with van der Waals surface area (Å²) in [4.78, 5) is 26.6. The summed E-state index contributed by atoms with van der Waals surface area (Å²) < 4.78 is 5.36. The smallest absolute Gasteiger partial charge is 0.225 e. The maximum Gasteiger partial charge on any atom is 0.225 e. The predicted octanol–water partition coefficient (Wildman–Crippen LogP) is 2.61. The fourth-order valence-electron chi connectivity index (χ4n) is 3.44. The molecule has 2 amide bonds. The van der Waals surface area contributed by atoms with Crippen LogP contribution < -0.4 is 5.32 Å². The number of carbonyl (C=O) groups excluding carboxylic acids is 2. The van der Waals surface area contributed by atoms with Crippen LogP contribution in [0, 0.1) is 11.8 Å². The number of piperidine rings is 1. The molecule has 1 saturated carbocycles. The predicted molar refractivity (Wildman–Crippen MR) is 95.8 cm³/mol. The number of likely N-dealkylation sites (tertiary alicyclic amines) is 1. The van der Waals surface area contributed by atoms with Gasteiger partial charge in [0.15, 0.2) is 5.76 Å². The van der Waals surface area contributed by atoms with E-state index >= 15 is 0 Å². The van der Waals surface area contributed by atoms with Gasteiger partial charge in [-0.2, -0.15) is 0 Å². The van der Waals surface area contributed by atoms with E-state index in [0.29, 0.717) is 24.5 Å². The van der Waals surface area contributed by atoms with Crippen LogP contribution in [0.25, 0.3) is 11.3 Å². The van der Waals surface area contributed by atoms with E-state index in [-0.39, 0.29) is 23.7 Å². The zero-order chi connectivity index (χ0) is 17.9. The molecule has 26 heavy (non-hydrogen) atoms. The van der Waals surface area contributed by atoms with E-state index in [2.05, 4.69) is 10.5 Å². The van der Waals surface area contributed by atoms with E-state index in [4.69, 9.17) is 4.52 Å². The number of carbonyl (C=O) groups is 2.